The highest BCUT2D eigenvalue weighted by Crippen LogP contribution is 2.36. The Kier molecular flexibility index (Phi) is 6.97. The molecule has 11 heteroatoms. The minimum Gasteiger partial charge on any atom is -0.361 e. The summed E-state index contributed by atoms with van der Waals surface area (Å²) in [5.74, 6) is 0.00661. The van der Waals surface area contributed by atoms with E-state index in [2.05, 4.69) is 30.6 Å². The summed E-state index contributed by atoms with van der Waals surface area (Å²) in [6.07, 6.45) is 4.45. The number of nitrogens with one attached hydrogen (secondary N) is 3. The molecule has 4 heterocycles. The van der Waals surface area contributed by atoms with E-state index in [0.29, 0.717) is 55.2 Å². The van der Waals surface area contributed by atoms with Crippen molar-refractivity contribution in [3.8, 4) is 16.8 Å². The van der Waals surface area contributed by atoms with E-state index >= 15 is 0 Å². The maximum Gasteiger partial charge on any atom is 0.269 e. The summed E-state index contributed by atoms with van der Waals surface area (Å²) in [6, 6.07) is 18.8. The van der Waals surface area contributed by atoms with E-state index in [9.17, 15) is 14.4 Å². The lowest BCUT2D eigenvalue weighted by atomic mass is 9.98. The summed E-state index contributed by atoms with van der Waals surface area (Å²) in [6.45, 7) is 1.85. The van der Waals surface area contributed by atoms with Gasteiger partial charge in [0.05, 0.1) is 22.1 Å². The average molecular weight is 578 g/mol. The van der Waals surface area contributed by atoms with E-state index < -0.39 is 6.04 Å². The van der Waals surface area contributed by atoms with Gasteiger partial charge in [-0.15, -0.1) is 0 Å². The highest BCUT2D eigenvalue weighted by Gasteiger charge is 2.24. The predicted octanol–water partition coefficient (Wildman–Crippen LogP) is 4.87. The lowest BCUT2D eigenvalue weighted by molar-refractivity contribution is 0.0958. The second kappa shape index (κ2) is 10.9. The van der Waals surface area contributed by atoms with Gasteiger partial charge in [0.25, 0.3) is 11.5 Å². The first kappa shape index (κ1) is 26.9. The molecule has 10 nitrogen and oxygen atoms in total. The van der Waals surface area contributed by atoms with Gasteiger partial charge in [0.1, 0.15) is 28.9 Å². The highest BCUT2D eigenvalue weighted by atomic mass is 35.5. The van der Waals surface area contributed by atoms with E-state index in [1.807, 2.05) is 49.4 Å². The largest absolute Gasteiger partial charge is 0.361 e. The number of H-pyrrole nitrogens is 1. The molecule has 0 spiro atoms. The number of carbonyl (C=O) groups excluding carboxylic acids is 1. The number of aromatic nitrogens is 5. The Morgan fingerprint density at radius 2 is 1.76 bits per heavy atom. The number of benzene rings is 2. The van der Waals surface area contributed by atoms with Gasteiger partial charge in [-0.3, -0.25) is 23.9 Å². The highest BCUT2D eigenvalue weighted by molar-refractivity contribution is 6.36. The summed E-state index contributed by atoms with van der Waals surface area (Å²) < 4.78 is 1.58. The first-order chi connectivity index (χ1) is 20.4. The van der Waals surface area contributed by atoms with Crippen LogP contribution in [0.5, 0.6) is 0 Å². The summed E-state index contributed by atoms with van der Waals surface area (Å²) in [7, 11) is 1.54. The third-order valence-corrected chi connectivity index (χ3v) is 7.44. The molecule has 208 valence electrons. The molecule has 0 saturated carbocycles. The van der Waals surface area contributed by atoms with Gasteiger partial charge in [0.2, 0.25) is 0 Å². The molecule has 2 aromatic carbocycles. The first-order valence-electron chi connectivity index (χ1n) is 13.1. The maximum atomic E-state index is 14.5. The molecule has 42 heavy (non-hydrogen) atoms. The Morgan fingerprint density at radius 1 is 0.952 bits per heavy atom. The zero-order valence-corrected chi connectivity index (χ0v) is 23.3. The molecule has 0 saturated heterocycles. The second-order valence-electron chi connectivity index (χ2n) is 9.57. The van der Waals surface area contributed by atoms with Crippen LogP contribution < -0.4 is 21.6 Å². The van der Waals surface area contributed by atoms with Crippen LogP contribution in [0.4, 0.5) is 5.82 Å². The molecular formula is C31H24ClN7O3. The van der Waals surface area contributed by atoms with Gasteiger partial charge >= 0.3 is 0 Å². The van der Waals surface area contributed by atoms with Crippen LogP contribution in [0.3, 0.4) is 0 Å². The van der Waals surface area contributed by atoms with Crippen LogP contribution in [0.2, 0.25) is 5.02 Å². The number of halogens is 1. The van der Waals surface area contributed by atoms with Gasteiger partial charge in [-0.05, 0) is 30.7 Å². The van der Waals surface area contributed by atoms with Crippen LogP contribution in [0.1, 0.15) is 29.1 Å². The molecule has 1 atom stereocenters. The summed E-state index contributed by atoms with van der Waals surface area (Å²) >= 11 is 7.16. The molecule has 4 aromatic heterocycles. The fourth-order valence-corrected chi connectivity index (χ4v) is 5.49. The standard InChI is InChI=1S/C31H24ClN7O3/c1-17(38-29-25-23(40)13-14-34-28(25)36-16-37-29)27-26(32)21-10-6-9-20(18-11-12-22(35-15-18)30(41)33-2)24(21)31(42)39(27)19-7-4-3-5-8-19/h3-17H,1-2H3,(H,33,41)(H2,34,36,37,38,40). The van der Waals surface area contributed by atoms with Crippen molar-refractivity contribution < 1.29 is 4.79 Å². The number of amides is 1. The molecule has 0 aliphatic rings. The van der Waals surface area contributed by atoms with Crippen molar-refractivity contribution in [3.63, 3.8) is 0 Å². The monoisotopic (exact) mass is 577 g/mol. The minimum atomic E-state index is -0.565. The van der Waals surface area contributed by atoms with Crippen LogP contribution in [0, 0.1) is 0 Å². The summed E-state index contributed by atoms with van der Waals surface area (Å²) in [5, 5.41) is 7.46. The maximum absolute atomic E-state index is 14.5. The topological polar surface area (TPSA) is 135 Å². The van der Waals surface area contributed by atoms with E-state index in [1.165, 1.54) is 25.6 Å². The van der Waals surface area contributed by atoms with Crippen molar-refractivity contribution in [3.05, 3.63) is 122 Å². The third-order valence-electron chi connectivity index (χ3n) is 7.04. The van der Waals surface area contributed by atoms with Gasteiger partial charge in [-0.1, -0.05) is 54.1 Å². The van der Waals surface area contributed by atoms with Crippen molar-refractivity contribution in [2.75, 3.05) is 12.4 Å². The zero-order valence-electron chi connectivity index (χ0n) is 22.6. The molecule has 1 amide bonds. The number of hydrogen-bond donors (Lipinski definition) is 3. The van der Waals surface area contributed by atoms with Gasteiger partial charge in [0.15, 0.2) is 5.43 Å². The molecule has 0 aliphatic heterocycles. The van der Waals surface area contributed by atoms with Gasteiger partial charge in [-0.25, -0.2) is 9.97 Å². The lowest BCUT2D eigenvalue weighted by Gasteiger charge is -2.24. The Bertz CT molecular complexity index is 2090. The van der Waals surface area contributed by atoms with Crippen molar-refractivity contribution in [2.24, 2.45) is 0 Å². The van der Waals surface area contributed by atoms with Crippen LogP contribution in [0.25, 0.3) is 38.6 Å². The Morgan fingerprint density at radius 3 is 2.50 bits per heavy atom. The molecule has 0 fully saturated rings. The number of anilines is 1. The van der Waals surface area contributed by atoms with E-state index in [1.54, 1.807) is 29.0 Å². The van der Waals surface area contributed by atoms with Crippen molar-refractivity contribution in [1.29, 1.82) is 0 Å². The number of nitrogens with zero attached hydrogens (tertiary/aromatic N) is 4. The van der Waals surface area contributed by atoms with Crippen LogP contribution >= 0.6 is 11.6 Å². The number of aromatic amines is 1. The number of fused-ring (bicyclic) bond motifs is 2. The third kappa shape index (κ3) is 4.57. The number of rotatable bonds is 6. The summed E-state index contributed by atoms with van der Waals surface area (Å²) in [5.41, 5.74) is 2.50. The first-order valence-corrected chi connectivity index (χ1v) is 13.5. The van der Waals surface area contributed by atoms with Gasteiger partial charge in [0, 0.05) is 42.1 Å². The molecule has 1 unspecified atom stereocenters. The molecule has 3 N–H and O–H groups in total. The predicted molar refractivity (Wildman–Crippen MR) is 163 cm³/mol. The number of pyridine rings is 3. The molecule has 6 aromatic rings. The van der Waals surface area contributed by atoms with Crippen LogP contribution in [-0.4, -0.2) is 37.5 Å². The summed E-state index contributed by atoms with van der Waals surface area (Å²) in [4.78, 5) is 54.9. The molecule has 0 bridgehead atoms. The van der Waals surface area contributed by atoms with E-state index in [-0.39, 0.29) is 22.6 Å². The van der Waals surface area contributed by atoms with Gasteiger partial charge < -0.3 is 15.6 Å². The Hall–Kier alpha value is -5.35. The van der Waals surface area contributed by atoms with Crippen LogP contribution in [-0.2, 0) is 0 Å². The van der Waals surface area contributed by atoms with Crippen molar-refractivity contribution in [2.45, 2.75) is 13.0 Å². The SMILES string of the molecule is CNC(=O)c1ccc(-c2cccc3c(Cl)c(C(C)Nc4ncnc5[nH]ccc(=O)c45)n(-c4ccccc4)c(=O)c23)cn1. The molecule has 6 rings (SSSR count). The van der Waals surface area contributed by atoms with E-state index in [4.69, 9.17) is 11.6 Å². The van der Waals surface area contributed by atoms with Gasteiger partial charge in [-0.2, -0.15) is 0 Å². The molecule has 0 aliphatic carbocycles. The minimum absolute atomic E-state index is 0.246. The average Bonchev–Trinajstić information content (AvgIpc) is 3.02. The molecule has 0 radical (unpaired) electrons. The number of carbonyl (C=O) groups is 1. The Balaban J connectivity index is 1.58. The fraction of sp³-hybridized carbons (Fsp3) is 0.0968. The van der Waals surface area contributed by atoms with Crippen LogP contribution in [0.15, 0.2) is 95.0 Å². The zero-order chi connectivity index (χ0) is 29.4. The van der Waals surface area contributed by atoms with Crippen molar-refractivity contribution in [1.82, 2.24) is 29.8 Å². The Labute approximate surface area is 244 Å². The smallest absolute Gasteiger partial charge is 0.269 e. The van der Waals surface area contributed by atoms with Crippen molar-refractivity contribution >= 4 is 45.1 Å². The normalized spacial score (nSPS) is 11.9. The number of para-hydroxylation sites is 1. The fourth-order valence-electron chi connectivity index (χ4n) is 5.09. The quantitative estimate of drug-likeness (QED) is 0.257. The lowest BCUT2D eigenvalue weighted by Crippen LogP contribution is -2.27. The number of hydrogen-bond acceptors (Lipinski definition) is 7. The van der Waals surface area contributed by atoms with E-state index in [0.717, 1.165) is 0 Å². The molecular weight excluding hydrogens is 554 g/mol. The second-order valence-corrected chi connectivity index (χ2v) is 9.95.